The van der Waals surface area contributed by atoms with E-state index >= 15 is 0 Å². The highest BCUT2D eigenvalue weighted by Gasteiger charge is 2.24. The first kappa shape index (κ1) is 28.1. The summed E-state index contributed by atoms with van der Waals surface area (Å²) in [6.45, 7) is 2.72. The van der Waals surface area contributed by atoms with E-state index in [-0.39, 0.29) is 43.0 Å². The predicted molar refractivity (Wildman–Crippen MR) is 137 cm³/mol. The molecule has 3 aromatic rings. The number of H-pyrrole nitrogens is 1. The van der Waals surface area contributed by atoms with Crippen molar-refractivity contribution >= 4 is 59.7 Å². The number of nitrogens with zero attached hydrogens (tertiary/aromatic N) is 4. The molecule has 3 aromatic heterocycles. The minimum absolute atomic E-state index is 0. The van der Waals surface area contributed by atoms with Crippen molar-refractivity contribution in [3.8, 4) is 11.3 Å². The minimum Gasteiger partial charge on any atom is -0.380 e. The summed E-state index contributed by atoms with van der Waals surface area (Å²) in [5.74, 6) is 0.744. The van der Waals surface area contributed by atoms with Crippen LogP contribution in [0.5, 0.6) is 0 Å². The van der Waals surface area contributed by atoms with Crippen LogP contribution in [0.4, 0.5) is 5.69 Å². The third-order valence-corrected chi connectivity index (χ3v) is 5.70. The van der Waals surface area contributed by atoms with Crippen molar-refractivity contribution in [3.63, 3.8) is 0 Å². The van der Waals surface area contributed by atoms with Gasteiger partial charge in [0.25, 0.3) is 0 Å². The lowest BCUT2D eigenvalue weighted by Gasteiger charge is -2.31. The summed E-state index contributed by atoms with van der Waals surface area (Å²) in [4.78, 5) is 23.9. The van der Waals surface area contributed by atoms with Gasteiger partial charge in [0.15, 0.2) is 5.78 Å². The van der Waals surface area contributed by atoms with Crippen LogP contribution in [0.3, 0.4) is 0 Å². The average Bonchev–Trinajstić information content (AvgIpc) is 3.23. The molecule has 0 radical (unpaired) electrons. The van der Waals surface area contributed by atoms with Gasteiger partial charge < -0.3 is 10.2 Å². The first-order valence-electron chi connectivity index (χ1n) is 10.2. The van der Waals surface area contributed by atoms with Crippen molar-refractivity contribution in [1.82, 2.24) is 25.1 Å². The summed E-state index contributed by atoms with van der Waals surface area (Å²) in [5.41, 5.74) is 4.66. The molecule has 0 spiro atoms. The number of pyridine rings is 2. The zero-order valence-corrected chi connectivity index (χ0v) is 20.9. The molecule has 1 aliphatic rings. The van der Waals surface area contributed by atoms with E-state index in [0.29, 0.717) is 11.6 Å². The molecule has 0 aliphatic heterocycles. The normalized spacial score (nSPS) is 17.8. The van der Waals surface area contributed by atoms with Crippen molar-refractivity contribution in [1.29, 1.82) is 0 Å². The van der Waals surface area contributed by atoms with Gasteiger partial charge in [-0.25, -0.2) is 4.98 Å². The third kappa shape index (κ3) is 6.32. The first-order chi connectivity index (χ1) is 14.0. The van der Waals surface area contributed by atoms with E-state index < -0.39 is 0 Å². The molecule has 0 bridgehead atoms. The number of aromatic amines is 1. The van der Waals surface area contributed by atoms with Crippen LogP contribution in [-0.4, -0.2) is 57.5 Å². The van der Waals surface area contributed by atoms with E-state index in [1.807, 2.05) is 18.3 Å². The van der Waals surface area contributed by atoms with E-state index in [4.69, 9.17) is 4.98 Å². The summed E-state index contributed by atoms with van der Waals surface area (Å²) in [7, 11) is 4.27. The van der Waals surface area contributed by atoms with E-state index in [1.165, 1.54) is 12.8 Å². The van der Waals surface area contributed by atoms with Crippen LogP contribution in [0.1, 0.15) is 43.0 Å². The fourth-order valence-electron chi connectivity index (χ4n) is 4.24. The number of Topliss-reactive ketones (excluding diaryl/α,β-unsaturated/α-hetero) is 1. The van der Waals surface area contributed by atoms with E-state index in [1.54, 1.807) is 19.3 Å². The number of fused-ring (bicyclic) bond motifs is 1. The second-order valence-electron chi connectivity index (χ2n) is 8.28. The Bertz CT molecular complexity index is 1000. The smallest absolute Gasteiger partial charge is 0.163 e. The number of hydrogen-bond acceptors (Lipinski definition) is 6. The summed E-state index contributed by atoms with van der Waals surface area (Å²) in [6, 6.07) is 4.23. The minimum atomic E-state index is -0.00120. The Hall–Kier alpha value is -1.93. The Morgan fingerprint density at radius 2 is 1.84 bits per heavy atom. The molecule has 0 unspecified atom stereocenters. The number of nitrogens with one attached hydrogen (secondary N) is 2. The van der Waals surface area contributed by atoms with Gasteiger partial charge in [0.1, 0.15) is 5.52 Å². The second-order valence-corrected chi connectivity index (χ2v) is 8.28. The van der Waals surface area contributed by atoms with Gasteiger partial charge in [0, 0.05) is 30.5 Å². The van der Waals surface area contributed by atoms with Crippen LogP contribution < -0.4 is 5.32 Å². The molecule has 0 aromatic carbocycles. The number of carbonyl (C=O) groups is 1. The molecule has 7 nitrogen and oxygen atoms in total. The lowest BCUT2D eigenvalue weighted by Crippen LogP contribution is -2.31. The van der Waals surface area contributed by atoms with Gasteiger partial charge >= 0.3 is 0 Å². The van der Waals surface area contributed by atoms with Gasteiger partial charge in [-0.2, -0.15) is 5.10 Å². The lowest BCUT2D eigenvalue weighted by atomic mass is 9.85. The Morgan fingerprint density at radius 3 is 2.44 bits per heavy atom. The molecule has 1 fully saturated rings. The molecular formula is C22H31Cl3N6O. The molecule has 0 atom stereocenters. The number of halogens is 3. The number of rotatable bonds is 6. The van der Waals surface area contributed by atoms with Crippen molar-refractivity contribution in [3.05, 3.63) is 36.3 Å². The van der Waals surface area contributed by atoms with Gasteiger partial charge in [-0.05, 0) is 64.8 Å². The number of hydrogen-bond donors (Lipinski definition) is 2. The molecule has 1 saturated carbocycles. The van der Waals surface area contributed by atoms with Crippen molar-refractivity contribution in [2.24, 2.45) is 5.92 Å². The Kier molecular flexibility index (Phi) is 10.8. The van der Waals surface area contributed by atoms with Gasteiger partial charge in [0.2, 0.25) is 0 Å². The van der Waals surface area contributed by atoms with Crippen LogP contribution >= 0.6 is 37.2 Å². The molecule has 1 aliphatic carbocycles. The molecule has 176 valence electrons. The number of ketones is 1. The monoisotopic (exact) mass is 500 g/mol. The Labute approximate surface area is 207 Å². The average molecular weight is 502 g/mol. The fourth-order valence-corrected chi connectivity index (χ4v) is 4.24. The molecular weight excluding hydrogens is 471 g/mol. The van der Waals surface area contributed by atoms with Crippen LogP contribution in [0.25, 0.3) is 22.3 Å². The van der Waals surface area contributed by atoms with Gasteiger partial charge in [0.05, 0.1) is 28.7 Å². The highest BCUT2D eigenvalue weighted by Crippen LogP contribution is 2.32. The van der Waals surface area contributed by atoms with E-state index in [9.17, 15) is 4.79 Å². The fraction of sp³-hybridized carbons (Fsp3) is 0.455. The Morgan fingerprint density at radius 1 is 1.12 bits per heavy atom. The molecule has 3 heterocycles. The quantitative estimate of drug-likeness (QED) is 0.461. The second kappa shape index (κ2) is 12.3. The number of carbonyl (C=O) groups excluding carboxylic acids is 1. The van der Waals surface area contributed by atoms with Crippen LogP contribution in [-0.2, 0) is 0 Å². The molecule has 0 saturated heterocycles. The molecule has 4 rings (SSSR count). The van der Waals surface area contributed by atoms with Gasteiger partial charge in [-0.15, -0.1) is 37.2 Å². The first-order valence-corrected chi connectivity index (χ1v) is 10.2. The standard InChI is InChI=1S/C22H28N6O.3ClH/c1-14(29)18-12-23-20-9-8-19(16-10-24-25-11-16)27-22(20)21(18)26-17-6-4-15(5-7-17)13-28(2)3;;;/h8-12,15,17H,4-7,13H2,1-3H3,(H,23,26)(H,24,25);3*1H/t15-,17-;;;. The highest BCUT2D eigenvalue weighted by atomic mass is 35.5. The van der Waals surface area contributed by atoms with E-state index in [0.717, 1.165) is 53.3 Å². The van der Waals surface area contributed by atoms with Gasteiger partial charge in [-0.1, -0.05) is 0 Å². The van der Waals surface area contributed by atoms with Crippen LogP contribution in [0.15, 0.2) is 30.7 Å². The predicted octanol–water partition coefficient (Wildman–Crippen LogP) is 5.02. The van der Waals surface area contributed by atoms with Gasteiger partial charge in [-0.3, -0.25) is 14.9 Å². The summed E-state index contributed by atoms with van der Waals surface area (Å²) >= 11 is 0. The van der Waals surface area contributed by atoms with Crippen LogP contribution in [0, 0.1) is 5.92 Å². The number of anilines is 1. The SMILES string of the molecule is CC(=O)c1cnc2ccc(-c3cn[nH]c3)nc2c1N[C@H]1CC[C@H](CN(C)C)CC1.Cl.Cl.Cl. The summed E-state index contributed by atoms with van der Waals surface area (Å²) in [6.07, 6.45) is 9.82. The van der Waals surface area contributed by atoms with Crippen LogP contribution in [0.2, 0.25) is 0 Å². The maximum absolute atomic E-state index is 12.3. The lowest BCUT2D eigenvalue weighted by molar-refractivity contribution is 0.101. The third-order valence-electron chi connectivity index (χ3n) is 5.70. The maximum atomic E-state index is 12.3. The zero-order valence-electron chi connectivity index (χ0n) is 18.5. The van der Waals surface area contributed by atoms with Crippen molar-refractivity contribution < 1.29 is 4.79 Å². The molecule has 32 heavy (non-hydrogen) atoms. The maximum Gasteiger partial charge on any atom is 0.163 e. The topological polar surface area (TPSA) is 86.8 Å². The zero-order chi connectivity index (χ0) is 20.4. The number of aromatic nitrogens is 4. The summed E-state index contributed by atoms with van der Waals surface area (Å²) < 4.78 is 0. The van der Waals surface area contributed by atoms with Crippen molar-refractivity contribution in [2.75, 3.05) is 26.0 Å². The molecule has 10 heteroatoms. The van der Waals surface area contributed by atoms with Crippen molar-refractivity contribution in [2.45, 2.75) is 38.6 Å². The highest BCUT2D eigenvalue weighted by molar-refractivity contribution is 6.06. The largest absolute Gasteiger partial charge is 0.380 e. The molecule has 2 N–H and O–H groups in total. The Balaban J connectivity index is 0.00000171. The molecule has 0 amide bonds. The summed E-state index contributed by atoms with van der Waals surface area (Å²) in [5, 5.41) is 10.5. The van der Waals surface area contributed by atoms with E-state index in [2.05, 4.69) is 39.5 Å².